The smallest absolute Gasteiger partial charge is 0.163 e. The second-order valence-corrected chi connectivity index (χ2v) is 6.61. The van der Waals surface area contributed by atoms with Crippen LogP contribution in [0.4, 0.5) is 11.6 Å². The second-order valence-electron chi connectivity index (χ2n) is 6.61. The summed E-state index contributed by atoms with van der Waals surface area (Å²) in [6.07, 6.45) is 4.41. The molecule has 0 atom stereocenters. The van der Waals surface area contributed by atoms with Crippen LogP contribution >= 0.6 is 0 Å². The van der Waals surface area contributed by atoms with Crippen LogP contribution in [-0.2, 0) is 11.2 Å². The van der Waals surface area contributed by atoms with E-state index in [2.05, 4.69) is 25.2 Å². The number of benzene rings is 1. The van der Waals surface area contributed by atoms with Gasteiger partial charge in [-0.3, -0.25) is 0 Å². The zero-order valence-corrected chi connectivity index (χ0v) is 15.6. The molecule has 0 bridgehead atoms. The Morgan fingerprint density at radius 3 is 2.57 bits per heavy atom. The first kappa shape index (κ1) is 18.2. The van der Waals surface area contributed by atoms with Crippen molar-refractivity contribution in [3.8, 4) is 17.1 Å². The fraction of sp³-hybridized carbons (Fsp3) is 0.286. The molecule has 28 heavy (non-hydrogen) atoms. The maximum atomic E-state index is 9.34. The summed E-state index contributed by atoms with van der Waals surface area (Å²) in [4.78, 5) is 15.8. The highest BCUT2D eigenvalue weighted by Crippen LogP contribution is 2.19. The average Bonchev–Trinajstić information content (AvgIpc) is 2.76. The molecule has 7 heteroatoms. The van der Waals surface area contributed by atoms with E-state index in [0.717, 1.165) is 62.0 Å². The van der Waals surface area contributed by atoms with Crippen molar-refractivity contribution < 1.29 is 9.84 Å². The van der Waals surface area contributed by atoms with Crippen molar-refractivity contribution >= 4 is 11.6 Å². The zero-order chi connectivity index (χ0) is 19.2. The van der Waals surface area contributed by atoms with E-state index in [0.29, 0.717) is 5.82 Å². The van der Waals surface area contributed by atoms with Crippen molar-refractivity contribution in [2.45, 2.75) is 6.42 Å². The van der Waals surface area contributed by atoms with Crippen LogP contribution in [0.15, 0.2) is 54.9 Å². The molecule has 0 spiro atoms. The summed E-state index contributed by atoms with van der Waals surface area (Å²) >= 11 is 0. The largest absolute Gasteiger partial charge is 0.508 e. The van der Waals surface area contributed by atoms with Gasteiger partial charge >= 0.3 is 0 Å². The van der Waals surface area contributed by atoms with E-state index < -0.39 is 0 Å². The third-order valence-electron chi connectivity index (χ3n) is 4.65. The minimum atomic E-state index is 0.283. The summed E-state index contributed by atoms with van der Waals surface area (Å²) in [7, 11) is 0. The van der Waals surface area contributed by atoms with Gasteiger partial charge in [-0.25, -0.2) is 15.0 Å². The number of rotatable bonds is 6. The molecule has 1 aromatic carbocycles. The first-order valence-electron chi connectivity index (χ1n) is 9.42. The predicted octanol–water partition coefficient (Wildman–Crippen LogP) is 2.74. The molecule has 1 saturated heterocycles. The standard InChI is InChI=1S/C21H23N5O2/c27-18-4-1-16(2-5-18)7-9-22-19-8-10-23-21(25-19)17-3-6-20(24-15-17)26-11-13-28-14-12-26/h1-6,8,10,15,27H,7,9,11-14H2,(H,22,23,25). The Labute approximate surface area is 164 Å². The zero-order valence-electron chi connectivity index (χ0n) is 15.6. The summed E-state index contributed by atoms with van der Waals surface area (Å²) in [5.41, 5.74) is 2.04. The number of pyridine rings is 1. The van der Waals surface area contributed by atoms with Crippen LogP contribution in [-0.4, -0.2) is 52.9 Å². The first-order valence-corrected chi connectivity index (χ1v) is 9.42. The number of phenolic OH excluding ortho intramolecular Hbond substituents is 1. The minimum Gasteiger partial charge on any atom is -0.508 e. The minimum absolute atomic E-state index is 0.283. The molecule has 0 saturated carbocycles. The number of aromatic nitrogens is 3. The van der Waals surface area contributed by atoms with E-state index in [4.69, 9.17) is 4.74 Å². The summed E-state index contributed by atoms with van der Waals surface area (Å²) < 4.78 is 5.39. The molecule has 4 rings (SSSR count). The summed E-state index contributed by atoms with van der Waals surface area (Å²) in [5.74, 6) is 2.66. The van der Waals surface area contributed by atoms with Gasteiger partial charge in [-0.15, -0.1) is 0 Å². The molecule has 0 unspecified atom stereocenters. The highest BCUT2D eigenvalue weighted by atomic mass is 16.5. The van der Waals surface area contributed by atoms with Gasteiger partial charge in [0, 0.05) is 37.6 Å². The lowest BCUT2D eigenvalue weighted by Crippen LogP contribution is -2.36. The van der Waals surface area contributed by atoms with E-state index in [-0.39, 0.29) is 5.75 Å². The lowest BCUT2D eigenvalue weighted by atomic mass is 10.1. The van der Waals surface area contributed by atoms with Gasteiger partial charge in [-0.05, 0) is 42.3 Å². The quantitative estimate of drug-likeness (QED) is 0.683. The van der Waals surface area contributed by atoms with E-state index in [1.165, 1.54) is 0 Å². The number of ether oxygens (including phenoxy) is 1. The van der Waals surface area contributed by atoms with Gasteiger partial charge in [0.15, 0.2) is 5.82 Å². The summed E-state index contributed by atoms with van der Waals surface area (Å²) in [5, 5.41) is 12.7. The molecule has 1 aliphatic heterocycles. The third kappa shape index (κ3) is 4.55. The number of hydrogen-bond donors (Lipinski definition) is 2. The Morgan fingerprint density at radius 1 is 1.00 bits per heavy atom. The van der Waals surface area contributed by atoms with Crippen molar-refractivity contribution in [1.82, 2.24) is 15.0 Å². The molecular weight excluding hydrogens is 354 g/mol. The summed E-state index contributed by atoms with van der Waals surface area (Å²) in [6.45, 7) is 3.96. The number of morpholine rings is 1. The second kappa shape index (κ2) is 8.67. The van der Waals surface area contributed by atoms with Crippen molar-refractivity contribution in [3.63, 3.8) is 0 Å². The first-order chi connectivity index (χ1) is 13.8. The van der Waals surface area contributed by atoms with Gasteiger partial charge in [-0.2, -0.15) is 0 Å². The number of nitrogens with zero attached hydrogens (tertiary/aromatic N) is 4. The Balaban J connectivity index is 1.38. The Bertz CT molecular complexity index is 893. The number of hydrogen-bond acceptors (Lipinski definition) is 7. The van der Waals surface area contributed by atoms with Crippen LogP contribution < -0.4 is 10.2 Å². The van der Waals surface area contributed by atoms with Crippen molar-refractivity contribution in [2.75, 3.05) is 43.1 Å². The van der Waals surface area contributed by atoms with Crippen LogP contribution in [0.25, 0.3) is 11.4 Å². The highest BCUT2D eigenvalue weighted by Gasteiger charge is 2.12. The maximum Gasteiger partial charge on any atom is 0.163 e. The van der Waals surface area contributed by atoms with Crippen LogP contribution in [0.5, 0.6) is 5.75 Å². The van der Waals surface area contributed by atoms with E-state index in [9.17, 15) is 5.11 Å². The number of nitrogens with one attached hydrogen (secondary N) is 1. The monoisotopic (exact) mass is 377 g/mol. The lowest BCUT2D eigenvalue weighted by Gasteiger charge is -2.27. The molecular formula is C21H23N5O2. The molecule has 0 aliphatic carbocycles. The van der Waals surface area contributed by atoms with Crippen LogP contribution in [0, 0.1) is 0 Å². The fourth-order valence-corrected chi connectivity index (χ4v) is 3.09. The van der Waals surface area contributed by atoms with Crippen molar-refractivity contribution in [2.24, 2.45) is 0 Å². The lowest BCUT2D eigenvalue weighted by molar-refractivity contribution is 0.122. The molecule has 3 aromatic rings. The van der Waals surface area contributed by atoms with E-state index in [1.807, 2.05) is 36.5 Å². The molecule has 2 aromatic heterocycles. The fourth-order valence-electron chi connectivity index (χ4n) is 3.09. The SMILES string of the molecule is Oc1ccc(CCNc2ccnc(-c3ccc(N4CCOCC4)nc3)n2)cc1. The average molecular weight is 377 g/mol. The van der Waals surface area contributed by atoms with Crippen LogP contribution in [0.3, 0.4) is 0 Å². The van der Waals surface area contributed by atoms with Crippen molar-refractivity contribution in [1.29, 1.82) is 0 Å². The van der Waals surface area contributed by atoms with Gasteiger partial charge in [0.2, 0.25) is 0 Å². The van der Waals surface area contributed by atoms with Crippen LogP contribution in [0.1, 0.15) is 5.56 Å². The molecule has 3 heterocycles. The molecule has 1 aliphatic rings. The van der Waals surface area contributed by atoms with Gasteiger partial charge in [0.1, 0.15) is 17.4 Å². The Hall–Kier alpha value is -3.19. The van der Waals surface area contributed by atoms with Gasteiger partial charge < -0.3 is 20.1 Å². The van der Waals surface area contributed by atoms with Gasteiger partial charge in [0.25, 0.3) is 0 Å². The molecule has 7 nitrogen and oxygen atoms in total. The van der Waals surface area contributed by atoms with E-state index >= 15 is 0 Å². The molecule has 144 valence electrons. The van der Waals surface area contributed by atoms with Gasteiger partial charge in [-0.1, -0.05) is 12.1 Å². The van der Waals surface area contributed by atoms with E-state index in [1.54, 1.807) is 18.3 Å². The molecule has 0 radical (unpaired) electrons. The normalized spacial score (nSPS) is 14.1. The predicted molar refractivity (Wildman–Crippen MR) is 109 cm³/mol. The third-order valence-corrected chi connectivity index (χ3v) is 4.65. The number of anilines is 2. The van der Waals surface area contributed by atoms with Crippen molar-refractivity contribution in [3.05, 3.63) is 60.4 Å². The number of aromatic hydroxyl groups is 1. The molecule has 1 fully saturated rings. The number of phenols is 1. The highest BCUT2D eigenvalue weighted by molar-refractivity contribution is 5.58. The molecule has 0 amide bonds. The molecule has 2 N–H and O–H groups in total. The maximum absolute atomic E-state index is 9.34. The Kier molecular flexibility index (Phi) is 5.63. The van der Waals surface area contributed by atoms with Crippen LogP contribution in [0.2, 0.25) is 0 Å². The summed E-state index contributed by atoms with van der Waals surface area (Å²) in [6, 6.07) is 13.1. The van der Waals surface area contributed by atoms with Gasteiger partial charge in [0.05, 0.1) is 13.2 Å². The Morgan fingerprint density at radius 2 is 1.82 bits per heavy atom. The topological polar surface area (TPSA) is 83.4 Å².